The van der Waals surface area contributed by atoms with Gasteiger partial charge in [-0.15, -0.1) is 0 Å². The fraction of sp³-hybridized carbons (Fsp3) is 0.652. The topological polar surface area (TPSA) is 117 Å². The van der Waals surface area contributed by atoms with E-state index in [9.17, 15) is 24.0 Å². The zero-order chi connectivity index (χ0) is 24.1. The van der Waals surface area contributed by atoms with Crippen molar-refractivity contribution in [2.75, 3.05) is 13.2 Å². The number of carbonyl (C=O) groups is 2. The zero-order valence-corrected chi connectivity index (χ0v) is 19.5. The molecule has 0 heterocycles. The third-order valence-electron chi connectivity index (χ3n) is 6.94. The van der Waals surface area contributed by atoms with Crippen LogP contribution >= 0.6 is 11.6 Å². The van der Waals surface area contributed by atoms with E-state index in [-0.39, 0.29) is 35.7 Å². The molecular weight excluding hydrogens is 453 g/mol. The molecule has 1 aromatic rings. The minimum atomic E-state index is -0.800. The van der Waals surface area contributed by atoms with E-state index >= 15 is 0 Å². The van der Waals surface area contributed by atoms with E-state index in [1.165, 1.54) is 12.1 Å². The normalized spacial score (nSPS) is 27.0. The molecule has 2 unspecified atom stereocenters. The van der Waals surface area contributed by atoms with Crippen molar-refractivity contribution in [2.24, 2.45) is 11.1 Å². The largest absolute Gasteiger partial charge is 0.484 e. The van der Waals surface area contributed by atoms with Crippen LogP contribution in [0.2, 0.25) is 5.02 Å². The number of ether oxygens (including phenoxy) is 1. The fourth-order valence-corrected chi connectivity index (χ4v) is 4.95. The number of fused-ring (bicyclic) bond motifs is 3. The Kier molecular flexibility index (Phi) is 8.28. The molecule has 2 amide bonds. The highest BCUT2D eigenvalue weighted by Crippen LogP contribution is 2.47. The van der Waals surface area contributed by atoms with E-state index in [2.05, 4.69) is 15.8 Å². The van der Waals surface area contributed by atoms with Gasteiger partial charge in [0.25, 0.3) is 5.91 Å². The van der Waals surface area contributed by atoms with Gasteiger partial charge >= 0.3 is 0 Å². The van der Waals surface area contributed by atoms with Crippen LogP contribution in [-0.4, -0.2) is 47.3 Å². The molecule has 3 fully saturated rings. The Bertz CT molecular complexity index is 876. The predicted molar refractivity (Wildman–Crippen MR) is 121 cm³/mol. The number of benzene rings is 1. The number of aliphatic hydroxyl groups is 1. The van der Waals surface area contributed by atoms with Gasteiger partial charge in [0, 0.05) is 17.5 Å². The van der Waals surface area contributed by atoms with Crippen molar-refractivity contribution in [3.63, 3.8) is 0 Å². The van der Waals surface area contributed by atoms with Gasteiger partial charge in [-0.3, -0.25) is 9.59 Å². The van der Waals surface area contributed by atoms with Gasteiger partial charge in [0.15, 0.2) is 6.61 Å². The second-order valence-corrected chi connectivity index (χ2v) is 9.72. The van der Waals surface area contributed by atoms with Gasteiger partial charge in [-0.1, -0.05) is 30.1 Å². The number of hydrogen-bond acceptors (Lipinski definition) is 6. The highest BCUT2D eigenvalue weighted by Gasteiger charge is 2.55. The van der Waals surface area contributed by atoms with Gasteiger partial charge < -0.3 is 20.5 Å². The molecule has 2 atom stereocenters. The zero-order valence-electron chi connectivity index (χ0n) is 18.7. The third kappa shape index (κ3) is 6.20. The second-order valence-electron chi connectivity index (χ2n) is 9.31. The lowest BCUT2D eigenvalue weighted by atomic mass is 9.59. The summed E-state index contributed by atoms with van der Waals surface area (Å²) in [5.74, 6) is -1.08. The van der Waals surface area contributed by atoms with E-state index in [0.29, 0.717) is 44.9 Å². The standard InChI is InChI=1S/C23H31ClFN3O5/c1-15(4-2-3-11-26-32)21(31)28-22-7-9-23(10-8-22,19(29)13-22)27-20(30)14-33-16-5-6-17(24)18(25)12-16/h5-6,12,15,19,29H,2-4,7-11,13-14H2,1H3,(H,27,30)(H,28,31). The number of nitrogens with one attached hydrogen (secondary N) is 2. The Balaban J connectivity index is 1.50. The molecule has 3 aliphatic carbocycles. The lowest BCUT2D eigenvalue weighted by Gasteiger charge is -2.56. The molecule has 2 bridgehead atoms. The van der Waals surface area contributed by atoms with Crippen molar-refractivity contribution < 1.29 is 23.8 Å². The monoisotopic (exact) mass is 483 g/mol. The van der Waals surface area contributed by atoms with E-state index in [4.69, 9.17) is 16.3 Å². The summed E-state index contributed by atoms with van der Waals surface area (Å²) in [5.41, 5.74) is -1.23. The first-order chi connectivity index (χ1) is 15.7. The maximum Gasteiger partial charge on any atom is 0.258 e. The van der Waals surface area contributed by atoms with Crippen LogP contribution in [0, 0.1) is 16.6 Å². The molecule has 0 aliphatic heterocycles. The van der Waals surface area contributed by atoms with E-state index in [1.807, 2.05) is 6.92 Å². The minimum absolute atomic E-state index is 0.0293. The number of rotatable bonds is 11. The summed E-state index contributed by atoms with van der Waals surface area (Å²) in [7, 11) is 0. The number of nitrogens with zero attached hydrogens (tertiary/aromatic N) is 1. The summed E-state index contributed by atoms with van der Waals surface area (Å²) in [4.78, 5) is 35.4. The fourth-order valence-electron chi connectivity index (χ4n) is 4.83. The molecule has 3 saturated carbocycles. The summed E-state index contributed by atoms with van der Waals surface area (Å²) in [6.07, 6.45) is 4.06. The molecule has 3 N–H and O–H groups in total. The van der Waals surface area contributed by atoms with Crippen molar-refractivity contribution in [3.05, 3.63) is 33.9 Å². The second kappa shape index (κ2) is 10.8. The van der Waals surface area contributed by atoms with E-state index in [1.54, 1.807) is 0 Å². The Hall–Kier alpha value is -2.26. The molecular formula is C23H31ClFN3O5. The molecule has 0 spiro atoms. The molecule has 0 aromatic heterocycles. The Labute approximate surface area is 197 Å². The van der Waals surface area contributed by atoms with Gasteiger partial charge in [0.2, 0.25) is 5.91 Å². The van der Waals surface area contributed by atoms with Crippen molar-refractivity contribution in [1.82, 2.24) is 10.6 Å². The average Bonchev–Trinajstić information content (AvgIpc) is 2.78. The quantitative estimate of drug-likeness (QED) is 0.329. The number of halogens is 2. The first kappa shape index (κ1) is 25.4. The summed E-state index contributed by atoms with van der Waals surface area (Å²) >= 11 is 5.65. The van der Waals surface area contributed by atoms with Crippen LogP contribution < -0.4 is 15.4 Å². The van der Waals surface area contributed by atoms with Crippen LogP contribution in [0.3, 0.4) is 0 Å². The van der Waals surface area contributed by atoms with Crippen LogP contribution in [0.25, 0.3) is 0 Å². The van der Waals surface area contributed by atoms with Crippen LogP contribution in [0.15, 0.2) is 23.4 Å². The smallest absolute Gasteiger partial charge is 0.258 e. The number of nitroso groups, excluding NO2 is 1. The summed E-state index contributed by atoms with van der Waals surface area (Å²) in [6, 6.07) is 3.94. The van der Waals surface area contributed by atoms with Crippen LogP contribution in [0.4, 0.5) is 4.39 Å². The summed E-state index contributed by atoms with van der Waals surface area (Å²) in [6.45, 7) is 1.81. The maximum atomic E-state index is 13.5. The highest BCUT2D eigenvalue weighted by atomic mass is 35.5. The number of aliphatic hydroxyl groups excluding tert-OH is 1. The van der Waals surface area contributed by atoms with Gasteiger partial charge in [-0.25, -0.2) is 4.39 Å². The lowest BCUT2D eigenvalue weighted by molar-refractivity contribution is -0.137. The van der Waals surface area contributed by atoms with Crippen LogP contribution in [0.5, 0.6) is 5.75 Å². The van der Waals surface area contributed by atoms with Crippen LogP contribution in [-0.2, 0) is 9.59 Å². The molecule has 0 saturated heterocycles. The average molecular weight is 484 g/mol. The maximum absolute atomic E-state index is 13.5. The van der Waals surface area contributed by atoms with Gasteiger partial charge in [-0.05, 0) is 57.1 Å². The molecule has 3 aliphatic rings. The minimum Gasteiger partial charge on any atom is -0.484 e. The number of hydrogen-bond donors (Lipinski definition) is 3. The third-order valence-corrected chi connectivity index (χ3v) is 7.25. The molecule has 4 rings (SSSR count). The molecule has 10 heteroatoms. The molecule has 182 valence electrons. The first-order valence-electron chi connectivity index (χ1n) is 11.4. The molecule has 33 heavy (non-hydrogen) atoms. The van der Waals surface area contributed by atoms with Crippen molar-refractivity contribution in [1.29, 1.82) is 0 Å². The highest BCUT2D eigenvalue weighted by molar-refractivity contribution is 6.30. The van der Waals surface area contributed by atoms with Gasteiger partial charge in [0.1, 0.15) is 11.6 Å². The van der Waals surface area contributed by atoms with Crippen molar-refractivity contribution >= 4 is 23.4 Å². The van der Waals surface area contributed by atoms with Gasteiger partial charge in [0.05, 0.1) is 23.2 Å². The van der Waals surface area contributed by atoms with Crippen molar-refractivity contribution in [2.45, 2.75) is 75.5 Å². The summed E-state index contributed by atoms with van der Waals surface area (Å²) < 4.78 is 18.9. The predicted octanol–water partition coefficient (Wildman–Crippen LogP) is 3.48. The van der Waals surface area contributed by atoms with Gasteiger partial charge in [-0.2, -0.15) is 4.91 Å². The van der Waals surface area contributed by atoms with Crippen LogP contribution in [0.1, 0.15) is 58.3 Å². The molecule has 0 radical (unpaired) electrons. The van der Waals surface area contributed by atoms with E-state index < -0.39 is 28.9 Å². The lowest BCUT2D eigenvalue weighted by Crippen LogP contribution is -2.70. The molecule has 1 aromatic carbocycles. The summed E-state index contributed by atoms with van der Waals surface area (Å²) in [5, 5.41) is 19.7. The SMILES string of the molecule is CC(CCCCN=O)C(=O)NC12CCC(NC(=O)COc3ccc(Cl)c(F)c3)(CC1)C(O)C2. The number of carbonyl (C=O) groups excluding carboxylic acids is 2. The Morgan fingerprint density at radius 3 is 2.64 bits per heavy atom. The number of amides is 2. The first-order valence-corrected chi connectivity index (χ1v) is 11.7. The number of unbranched alkanes of at least 4 members (excludes halogenated alkanes) is 1. The Morgan fingerprint density at radius 2 is 2.00 bits per heavy atom. The molecule has 8 nitrogen and oxygen atoms in total. The Morgan fingerprint density at radius 1 is 1.27 bits per heavy atom. The van der Waals surface area contributed by atoms with E-state index in [0.717, 1.165) is 12.5 Å². The van der Waals surface area contributed by atoms with Crippen molar-refractivity contribution in [3.8, 4) is 5.75 Å².